The standard InChI is InChI=1S/C66H38F4N4/c1-72-52-28-22-45(23-29-52)51-35-49(43-12-6-3-7-13-43)37-54(39-51)74(62-17-9-15-58(68)66(62)70)60-33-27-47-24-30-55-59(32-26-46-25-31-56(60)64(47)63(46)55)73(61-16-8-14-57(67)65(61)69)53-36-48(42-10-4-2-5-11-42)34-50(38-53)44-20-18-41(40-71)19-21-44/h2-39H. The van der Waals surface area contributed by atoms with Gasteiger partial charge >= 0.3 is 0 Å². The topological polar surface area (TPSA) is 34.6 Å². The van der Waals surface area contributed by atoms with Gasteiger partial charge in [-0.3, -0.25) is 0 Å². The van der Waals surface area contributed by atoms with Crippen molar-refractivity contribution in [2.24, 2.45) is 0 Å². The van der Waals surface area contributed by atoms with E-state index in [9.17, 15) is 5.26 Å². The highest BCUT2D eigenvalue weighted by Gasteiger charge is 2.27. The van der Waals surface area contributed by atoms with Crippen molar-refractivity contribution >= 4 is 72.1 Å². The Balaban J connectivity index is 1.12. The quantitative estimate of drug-likeness (QED) is 0.0778. The summed E-state index contributed by atoms with van der Waals surface area (Å²) in [6.07, 6.45) is 0. The Kier molecular flexibility index (Phi) is 11.4. The molecule has 0 aliphatic heterocycles. The van der Waals surface area contributed by atoms with Gasteiger partial charge in [-0.1, -0.05) is 146 Å². The monoisotopic (exact) mass is 962 g/mol. The molecule has 0 aromatic heterocycles. The van der Waals surface area contributed by atoms with Gasteiger partial charge < -0.3 is 9.80 Å². The first kappa shape index (κ1) is 45.1. The Morgan fingerprint density at radius 1 is 0.365 bits per heavy atom. The zero-order valence-corrected chi connectivity index (χ0v) is 39.2. The number of rotatable bonds is 10. The number of hydrogen-bond acceptors (Lipinski definition) is 3. The number of anilines is 6. The van der Waals surface area contributed by atoms with Gasteiger partial charge in [0.25, 0.3) is 0 Å². The highest BCUT2D eigenvalue weighted by molar-refractivity contribution is 6.28. The van der Waals surface area contributed by atoms with E-state index >= 15 is 17.6 Å². The average Bonchev–Trinajstić information content (AvgIpc) is 3.46. The molecule has 0 saturated carbocycles. The fraction of sp³-hybridized carbons (Fsp3) is 0. The first-order valence-electron chi connectivity index (χ1n) is 23.8. The lowest BCUT2D eigenvalue weighted by Crippen LogP contribution is -2.14. The van der Waals surface area contributed by atoms with Gasteiger partial charge in [-0.2, -0.15) is 5.26 Å². The molecule has 12 rings (SSSR count). The van der Waals surface area contributed by atoms with Crippen LogP contribution in [0.2, 0.25) is 0 Å². The second-order valence-electron chi connectivity index (χ2n) is 18.0. The molecule has 0 aliphatic rings. The van der Waals surface area contributed by atoms with E-state index in [1.165, 1.54) is 12.1 Å². The van der Waals surface area contributed by atoms with Gasteiger partial charge in [0.2, 0.25) is 0 Å². The molecule has 0 unspecified atom stereocenters. The van der Waals surface area contributed by atoms with Crippen molar-refractivity contribution in [2.45, 2.75) is 0 Å². The molecule has 0 bridgehead atoms. The molecule has 0 heterocycles. The zero-order valence-electron chi connectivity index (χ0n) is 39.2. The highest BCUT2D eigenvalue weighted by atomic mass is 19.2. The summed E-state index contributed by atoms with van der Waals surface area (Å²) in [4.78, 5) is 7.09. The van der Waals surface area contributed by atoms with Crippen molar-refractivity contribution in [3.63, 3.8) is 0 Å². The zero-order chi connectivity index (χ0) is 50.5. The predicted molar refractivity (Wildman–Crippen MR) is 292 cm³/mol. The molecule has 0 atom stereocenters. The molecule has 0 fully saturated rings. The molecule has 8 heteroatoms. The van der Waals surface area contributed by atoms with Crippen molar-refractivity contribution in [1.29, 1.82) is 5.26 Å². The van der Waals surface area contributed by atoms with Crippen LogP contribution in [0, 0.1) is 41.2 Å². The van der Waals surface area contributed by atoms with Crippen LogP contribution in [-0.2, 0) is 0 Å². The summed E-state index contributed by atoms with van der Waals surface area (Å²) in [5.74, 6) is -4.07. The van der Waals surface area contributed by atoms with Gasteiger partial charge in [-0.05, 0) is 151 Å². The molecule has 0 amide bonds. The largest absolute Gasteiger partial charge is 0.307 e. The van der Waals surface area contributed by atoms with Crippen LogP contribution in [0.5, 0.6) is 0 Å². The Labute approximate surface area is 424 Å². The van der Waals surface area contributed by atoms with Crippen molar-refractivity contribution < 1.29 is 17.6 Å². The summed E-state index contributed by atoms with van der Waals surface area (Å²) in [7, 11) is 0. The third-order valence-corrected chi connectivity index (χ3v) is 13.7. The Bertz CT molecular complexity index is 3930. The number of hydrogen-bond donors (Lipinski definition) is 0. The number of nitriles is 1. The van der Waals surface area contributed by atoms with Crippen molar-refractivity contribution in [3.05, 3.63) is 271 Å². The second kappa shape index (κ2) is 18.6. The molecular weight excluding hydrogens is 925 g/mol. The highest BCUT2D eigenvalue weighted by Crippen LogP contribution is 2.50. The maximum Gasteiger partial charge on any atom is 0.187 e. The van der Waals surface area contributed by atoms with E-state index in [1.807, 2.05) is 170 Å². The van der Waals surface area contributed by atoms with E-state index < -0.39 is 23.3 Å². The average molecular weight is 963 g/mol. The fourth-order valence-electron chi connectivity index (χ4n) is 10.2. The molecule has 0 N–H and O–H groups in total. The summed E-state index contributed by atoms with van der Waals surface area (Å²) in [6.45, 7) is 7.55. The van der Waals surface area contributed by atoms with E-state index in [0.29, 0.717) is 34.0 Å². The Hall–Kier alpha value is -10.0. The van der Waals surface area contributed by atoms with Gasteiger partial charge in [0.15, 0.2) is 29.0 Å². The van der Waals surface area contributed by atoms with E-state index in [4.69, 9.17) is 6.57 Å². The first-order valence-corrected chi connectivity index (χ1v) is 23.8. The smallest absolute Gasteiger partial charge is 0.187 e. The lowest BCUT2D eigenvalue weighted by Gasteiger charge is -2.30. The molecule has 74 heavy (non-hydrogen) atoms. The summed E-state index contributed by atoms with van der Waals surface area (Å²) < 4.78 is 64.5. The lowest BCUT2D eigenvalue weighted by molar-refractivity contribution is 0.510. The van der Waals surface area contributed by atoms with Crippen molar-refractivity contribution in [2.75, 3.05) is 9.80 Å². The minimum atomic E-state index is -1.03. The SMILES string of the molecule is [C-]#[N+]c1ccc(-c2cc(-c3ccccc3)cc(N(c3cccc(F)c3F)c3ccc4ccc5c(N(c6cc(-c7ccccc7)cc(-c7ccc(C#N)cc7)c6)c6cccc(F)c6F)ccc6ccc3c4c65)c2)cc1. The van der Waals surface area contributed by atoms with Crippen molar-refractivity contribution in [3.8, 4) is 50.6 Å². The third-order valence-electron chi connectivity index (χ3n) is 13.7. The minimum Gasteiger partial charge on any atom is -0.307 e. The number of halogens is 4. The molecule has 0 radical (unpaired) electrons. The van der Waals surface area contributed by atoms with Crippen LogP contribution in [0.1, 0.15) is 5.56 Å². The maximum atomic E-state index is 16.7. The van der Waals surface area contributed by atoms with Crippen LogP contribution in [0.3, 0.4) is 0 Å². The van der Waals surface area contributed by atoms with Crippen molar-refractivity contribution in [1.82, 2.24) is 0 Å². The molecular formula is C66H38F4N4. The summed E-state index contributed by atoms with van der Waals surface area (Å²) in [5, 5.41) is 14.5. The summed E-state index contributed by atoms with van der Waals surface area (Å²) >= 11 is 0. The lowest BCUT2D eigenvalue weighted by atomic mass is 9.91. The molecule has 12 aromatic carbocycles. The van der Waals surface area contributed by atoms with Gasteiger partial charge in [-0.15, -0.1) is 0 Å². The Morgan fingerprint density at radius 3 is 1.16 bits per heavy atom. The normalized spacial score (nSPS) is 11.2. The molecule has 4 nitrogen and oxygen atoms in total. The van der Waals surface area contributed by atoms with Gasteiger partial charge in [-0.25, -0.2) is 22.4 Å². The van der Waals surface area contributed by atoms with Gasteiger partial charge in [0, 0.05) is 22.1 Å². The van der Waals surface area contributed by atoms with Crippen LogP contribution in [0.25, 0.3) is 81.7 Å². The second-order valence-corrected chi connectivity index (χ2v) is 18.0. The van der Waals surface area contributed by atoms with E-state index in [-0.39, 0.29) is 11.4 Å². The number of benzene rings is 12. The molecule has 0 aliphatic carbocycles. The predicted octanol–water partition coefficient (Wildman–Crippen LogP) is 19.2. The molecule has 0 spiro atoms. The molecule has 0 saturated heterocycles. The molecule has 12 aromatic rings. The van der Waals surface area contributed by atoms with Crippen LogP contribution in [0.4, 0.5) is 57.4 Å². The van der Waals surface area contributed by atoms with Crippen LogP contribution in [-0.4, -0.2) is 0 Å². The minimum absolute atomic E-state index is 0.00985. The summed E-state index contributed by atoms with van der Waals surface area (Å²) in [5.41, 5.74) is 9.94. The third kappa shape index (κ3) is 7.98. The fourth-order valence-corrected chi connectivity index (χ4v) is 10.2. The molecule has 350 valence electrons. The van der Waals surface area contributed by atoms with Crippen LogP contribution >= 0.6 is 0 Å². The maximum absolute atomic E-state index is 16.7. The van der Waals surface area contributed by atoms with Crippen LogP contribution in [0.15, 0.2) is 231 Å². The van der Waals surface area contributed by atoms with Crippen LogP contribution < -0.4 is 9.80 Å². The van der Waals surface area contributed by atoms with E-state index in [1.54, 1.807) is 46.2 Å². The first-order chi connectivity index (χ1) is 36.2. The number of nitrogens with zero attached hydrogens (tertiary/aromatic N) is 4. The summed E-state index contributed by atoms with van der Waals surface area (Å²) in [6, 6.07) is 72.3. The van der Waals surface area contributed by atoms with Gasteiger partial charge in [0.05, 0.1) is 41.0 Å². The Morgan fingerprint density at radius 2 is 0.757 bits per heavy atom. The van der Waals surface area contributed by atoms with E-state index in [0.717, 1.165) is 89.0 Å². The van der Waals surface area contributed by atoms with Gasteiger partial charge in [0.1, 0.15) is 0 Å². The van der Waals surface area contributed by atoms with E-state index in [2.05, 4.69) is 10.9 Å².